The Morgan fingerprint density at radius 3 is 2.52 bits per heavy atom. The van der Waals surface area contributed by atoms with E-state index in [4.69, 9.17) is 15.2 Å². The Bertz CT molecular complexity index is 615. The normalized spacial score (nSPS) is 14.7. The van der Waals surface area contributed by atoms with Crippen molar-refractivity contribution in [3.63, 3.8) is 0 Å². The lowest BCUT2D eigenvalue weighted by atomic mass is 10.1. The summed E-state index contributed by atoms with van der Waals surface area (Å²) in [5.74, 6) is 2.13. The Morgan fingerprint density at radius 2 is 1.76 bits per heavy atom. The third kappa shape index (κ3) is 3.43. The fourth-order valence-corrected chi connectivity index (χ4v) is 3.00. The highest BCUT2D eigenvalue weighted by atomic mass is 32.2. The molecule has 0 aromatic heterocycles. The molecule has 5 heteroatoms. The average Bonchev–Trinajstić information content (AvgIpc) is 2.53. The molecule has 2 aromatic carbocycles. The van der Waals surface area contributed by atoms with E-state index in [0.717, 1.165) is 22.0 Å². The predicted molar refractivity (Wildman–Crippen MR) is 84.0 cm³/mol. The van der Waals surface area contributed by atoms with Crippen molar-refractivity contribution in [2.24, 2.45) is 0 Å². The molecule has 0 fully saturated rings. The highest BCUT2D eigenvalue weighted by molar-refractivity contribution is 7.99. The van der Waals surface area contributed by atoms with E-state index in [9.17, 15) is 5.11 Å². The van der Waals surface area contributed by atoms with Crippen LogP contribution in [0, 0.1) is 0 Å². The van der Waals surface area contributed by atoms with Crippen molar-refractivity contribution in [1.29, 1.82) is 0 Å². The molecule has 1 aliphatic heterocycles. The molecule has 0 amide bonds. The maximum Gasteiger partial charge on any atom is 0.162 e. The molecular formula is C16H17NO3S. The molecule has 0 bridgehead atoms. The van der Waals surface area contributed by atoms with E-state index in [1.54, 1.807) is 23.9 Å². The minimum Gasteiger partial charge on any atom is -0.486 e. The third-order valence-electron chi connectivity index (χ3n) is 3.24. The van der Waals surface area contributed by atoms with E-state index in [-0.39, 0.29) is 0 Å². The van der Waals surface area contributed by atoms with Gasteiger partial charge in [-0.25, -0.2) is 0 Å². The van der Waals surface area contributed by atoms with Crippen LogP contribution in [0.4, 0.5) is 5.69 Å². The lowest BCUT2D eigenvalue weighted by Gasteiger charge is -2.19. The maximum absolute atomic E-state index is 10.2. The number of aliphatic hydroxyl groups excluding tert-OH is 1. The molecular weight excluding hydrogens is 286 g/mol. The Balaban J connectivity index is 1.63. The zero-order chi connectivity index (χ0) is 14.7. The molecule has 0 spiro atoms. The summed E-state index contributed by atoms with van der Waals surface area (Å²) >= 11 is 1.58. The average molecular weight is 303 g/mol. The molecule has 1 unspecified atom stereocenters. The molecule has 110 valence electrons. The van der Waals surface area contributed by atoms with Gasteiger partial charge in [-0.05, 0) is 35.9 Å². The van der Waals surface area contributed by atoms with Crippen LogP contribution in [0.2, 0.25) is 0 Å². The molecule has 1 aliphatic rings. The molecule has 0 saturated carbocycles. The van der Waals surface area contributed by atoms with Crippen LogP contribution in [0.3, 0.4) is 0 Å². The topological polar surface area (TPSA) is 64.7 Å². The van der Waals surface area contributed by atoms with Crippen LogP contribution in [0.25, 0.3) is 0 Å². The molecule has 2 aromatic rings. The number of thioether (sulfide) groups is 1. The first-order valence-electron chi connectivity index (χ1n) is 6.78. The SMILES string of the molecule is Nc1ccc(C(O)CSc2ccc3c(c2)OCCO3)cc1. The van der Waals surface area contributed by atoms with Gasteiger partial charge in [0, 0.05) is 16.3 Å². The Labute approximate surface area is 127 Å². The Kier molecular flexibility index (Phi) is 4.22. The molecule has 1 atom stereocenters. The van der Waals surface area contributed by atoms with E-state index in [1.807, 2.05) is 30.3 Å². The molecule has 3 N–H and O–H groups in total. The summed E-state index contributed by atoms with van der Waals surface area (Å²) in [5.41, 5.74) is 7.21. The van der Waals surface area contributed by atoms with Crippen LogP contribution in [0.1, 0.15) is 11.7 Å². The van der Waals surface area contributed by atoms with Gasteiger partial charge in [0.15, 0.2) is 11.5 Å². The minimum atomic E-state index is -0.524. The van der Waals surface area contributed by atoms with Crippen LogP contribution in [-0.2, 0) is 0 Å². The van der Waals surface area contributed by atoms with Gasteiger partial charge in [-0.1, -0.05) is 12.1 Å². The maximum atomic E-state index is 10.2. The van der Waals surface area contributed by atoms with E-state index in [1.165, 1.54) is 0 Å². The van der Waals surface area contributed by atoms with Gasteiger partial charge in [0.1, 0.15) is 13.2 Å². The zero-order valence-electron chi connectivity index (χ0n) is 11.5. The predicted octanol–water partition coefficient (Wildman–Crippen LogP) is 2.87. The van der Waals surface area contributed by atoms with Gasteiger partial charge >= 0.3 is 0 Å². The molecule has 3 rings (SSSR count). The minimum absolute atomic E-state index is 0.524. The van der Waals surface area contributed by atoms with Gasteiger partial charge in [-0.2, -0.15) is 0 Å². The van der Waals surface area contributed by atoms with Crippen molar-refractivity contribution in [3.8, 4) is 11.5 Å². The number of hydrogen-bond donors (Lipinski definition) is 2. The van der Waals surface area contributed by atoms with E-state index in [2.05, 4.69) is 0 Å². The summed E-state index contributed by atoms with van der Waals surface area (Å²) in [6, 6.07) is 13.1. The Morgan fingerprint density at radius 1 is 1.05 bits per heavy atom. The van der Waals surface area contributed by atoms with Crippen LogP contribution in [-0.4, -0.2) is 24.1 Å². The van der Waals surface area contributed by atoms with Crippen molar-refractivity contribution in [2.75, 3.05) is 24.7 Å². The summed E-state index contributed by atoms with van der Waals surface area (Å²) in [5, 5.41) is 10.2. The summed E-state index contributed by atoms with van der Waals surface area (Å²) in [4.78, 5) is 1.05. The first kappa shape index (κ1) is 14.1. The van der Waals surface area contributed by atoms with Crippen LogP contribution < -0.4 is 15.2 Å². The smallest absolute Gasteiger partial charge is 0.162 e. The Hall–Kier alpha value is -1.85. The standard InChI is InChI=1S/C16H17NO3S/c17-12-3-1-11(2-4-12)14(18)10-21-13-5-6-15-16(9-13)20-8-7-19-15/h1-6,9,14,18H,7-8,10,17H2. The number of anilines is 1. The van der Waals surface area contributed by atoms with Crippen molar-refractivity contribution in [2.45, 2.75) is 11.0 Å². The van der Waals surface area contributed by atoms with Gasteiger partial charge in [0.2, 0.25) is 0 Å². The van der Waals surface area contributed by atoms with Crippen LogP contribution in [0.5, 0.6) is 11.5 Å². The van der Waals surface area contributed by atoms with Gasteiger partial charge < -0.3 is 20.3 Å². The molecule has 21 heavy (non-hydrogen) atoms. The van der Waals surface area contributed by atoms with Crippen molar-refractivity contribution >= 4 is 17.4 Å². The van der Waals surface area contributed by atoms with Gasteiger partial charge in [-0.15, -0.1) is 11.8 Å². The number of aliphatic hydroxyl groups is 1. The number of rotatable bonds is 4. The second kappa shape index (κ2) is 6.28. The zero-order valence-corrected chi connectivity index (χ0v) is 12.3. The van der Waals surface area contributed by atoms with Crippen molar-refractivity contribution < 1.29 is 14.6 Å². The second-order valence-corrected chi connectivity index (χ2v) is 5.89. The second-order valence-electron chi connectivity index (χ2n) is 4.80. The van der Waals surface area contributed by atoms with Crippen LogP contribution in [0.15, 0.2) is 47.4 Å². The highest BCUT2D eigenvalue weighted by Crippen LogP contribution is 2.35. The number of nitrogen functional groups attached to an aromatic ring is 1. The quantitative estimate of drug-likeness (QED) is 0.671. The number of nitrogens with two attached hydrogens (primary N) is 1. The van der Waals surface area contributed by atoms with Crippen molar-refractivity contribution in [1.82, 2.24) is 0 Å². The first-order chi connectivity index (χ1) is 10.2. The van der Waals surface area contributed by atoms with Crippen LogP contribution >= 0.6 is 11.8 Å². The van der Waals surface area contributed by atoms with Gasteiger partial charge in [0.25, 0.3) is 0 Å². The number of benzene rings is 2. The lowest BCUT2D eigenvalue weighted by molar-refractivity contribution is 0.171. The molecule has 1 heterocycles. The first-order valence-corrected chi connectivity index (χ1v) is 7.77. The molecule has 4 nitrogen and oxygen atoms in total. The summed E-state index contributed by atoms with van der Waals surface area (Å²) < 4.78 is 11.0. The fraction of sp³-hybridized carbons (Fsp3) is 0.250. The monoisotopic (exact) mass is 303 g/mol. The van der Waals surface area contributed by atoms with E-state index in [0.29, 0.717) is 24.7 Å². The molecule has 0 aliphatic carbocycles. The fourth-order valence-electron chi connectivity index (χ4n) is 2.10. The van der Waals surface area contributed by atoms with Gasteiger partial charge in [0.05, 0.1) is 6.10 Å². The largest absolute Gasteiger partial charge is 0.486 e. The van der Waals surface area contributed by atoms with Gasteiger partial charge in [-0.3, -0.25) is 0 Å². The summed E-state index contributed by atoms with van der Waals surface area (Å²) in [6.45, 7) is 1.17. The number of ether oxygens (including phenoxy) is 2. The number of hydrogen-bond acceptors (Lipinski definition) is 5. The third-order valence-corrected chi connectivity index (χ3v) is 4.31. The molecule has 0 radical (unpaired) electrons. The van der Waals surface area contributed by atoms with Crippen molar-refractivity contribution in [3.05, 3.63) is 48.0 Å². The molecule has 0 saturated heterocycles. The lowest BCUT2D eigenvalue weighted by Crippen LogP contribution is -2.15. The van der Waals surface area contributed by atoms with E-state index >= 15 is 0 Å². The highest BCUT2D eigenvalue weighted by Gasteiger charge is 2.13. The van der Waals surface area contributed by atoms with E-state index < -0.39 is 6.10 Å². The summed E-state index contributed by atoms with van der Waals surface area (Å²) in [7, 11) is 0. The number of fused-ring (bicyclic) bond motifs is 1. The summed E-state index contributed by atoms with van der Waals surface area (Å²) in [6.07, 6.45) is -0.524.